The van der Waals surface area contributed by atoms with Crippen LogP contribution in [0.1, 0.15) is 12.8 Å². The Morgan fingerprint density at radius 1 is 0.489 bits per heavy atom. The molecule has 0 unspecified atom stereocenters. The molecule has 0 fully saturated rings. The summed E-state index contributed by atoms with van der Waals surface area (Å²) in [5.74, 6) is 0. The average molecular weight is 604 g/mol. The van der Waals surface area contributed by atoms with Crippen LogP contribution in [0.2, 0.25) is 0 Å². The van der Waals surface area contributed by atoms with Crippen LogP contribution in [-0.2, 0) is 0 Å². The lowest BCUT2D eigenvalue weighted by Crippen LogP contribution is -2.33. The van der Waals surface area contributed by atoms with Crippen molar-refractivity contribution < 1.29 is 8.83 Å². The van der Waals surface area contributed by atoms with E-state index in [1.165, 1.54) is 32.5 Å². The van der Waals surface area contributed by atoms with E-state index in [2.05, 4.69) is 144 Å². The van der Waals surface area contributed by atoms with Gasteiger partial charge in [-0.2, -0.15) is 0 Å². The quantitative estimate of drug-likeness (QED) is 0.200. The molecule has 0 atom stereocenters. The van der Waals surface area contributed by atoms with Crippen molar-refractivity contribution >= 4 is 77.6 Å². The number of benzene rings is 7. The molecule has 0 spiro atoms. The maximum atomic E-state index is 6.89. The predicted octanol–water partition coefficient (Wildman–Crippen LogP) is 10.8. The number of nitrogens with zero attached hydrogens (tertiary/aromatic N) is 1. The molecule has 10 rings (SSSR count). The van der Waals surface area contributed by atoms with Crippen LogP contribution >= 0.6 is 0 Å². The number of para-hydroxylation sites is 1. The highest BCUT2D eigenvalue weighted by atomic mass is 16.3. The van der Waals surface area contributed by atoms with Crippen LogP contribution in [0.25, 0.3) is 77.4 Å². The minimum absolute atomic E-state index is 0.873. The SMILES string of the molecule is C1=c2c(oc3c2ccc2ccccc23)=C(N(c2ccc(-c3ccc4c(c3)oc3ccccc34)cc2)c2cccc3ccccc23)CC1. The number of hydrogen-bond acceptors (Lipinski definition) is 3. The lowest BCUT2D eigenvalue weighted by Gasteiger charge is -2.29. The van der Waals surface area contributed by atoms with Crippen LogP contribution in [-0.4, -0.2) is 0 Å². The number of fused-ring (bicyclic) bond motifs is 9. The highest BCUT2D eigenvalue weighted by molar-refractivity contribution is 6.07. The van der Waals surface area contributed by atoms with Gasteiger partial charge in [0.05, 0.1) is 11.4 Å². The molecular formula is C44H29NO2. The number of rotatable bonds is 4. The van der Waals surface area contributed by atoms with Gasteiger partial charge in [-0.25, -0.2) is 0 Å². The zero-order valence-electron chi connectivity index (χ0n) is 25.6. The van der Waals surface area contributed by atoms with Gasteiger partial charge in [0.15, 0.2) is 5.42 Å². The fraction of sp³-hybridized carbons (Fsp3) is 0.0455. The van der Waals surface area contributed by atoms with E-state index in [1.54, 1.807) is 0 Å². The molecule has 3 nitrogen and oxygen atoms in total. The Bertz CT molecular complexity index is 2800. The summed E-state index contributed by atoms with van der Waals surface area (Å²) < 4.78 is 13.1. The molecule has 7 aromatic carbocycles. The summed E-state index contributed by atoms with van der Waals surface area (Å²) in [6, 6.07) is 51.8. The molecule has 9 aromatic rings. The summed E-state index contributed by atoms with van der Waals surface area (Å²) in [7, 11) is 0. The Hall–Kier alpha value is -6.06. The van der Waals surface area contributed by atoms with E-state index in [1.807, 2.05) is 12.1 Å². The van der Waals surface area contributed by atoms with Gasteiger partial charge >= 0.3 is 0 Å². The smallest absolute Gasteiger partial charge is 0.154 e. The molecule has 0 radical (unpaired) electrons. The maximum absolute atomic E-state index is 6.89. The number of furan rings is 2. The molecule has 2 aromatic heterocycles. The zero-order valence-corrected chi connectivity index (χ0v) is 25.6. The van der Waals surface area contributed by atoms with E-state index < -0.39 is 0 Å². The van der Waals surface area contributed by atoms with Crippen molar-refractivity contribution in [2.75, 3.05) is 4.90 Å². The van der Waals surface area contributed by atoms with Crippen LogP contribution in [0.3, 0.4) is 0 Å². The van der Waals surface area contributed by atoms with Crippen LogP contribution < -0.4 is 15.5 Å². The second-order valence-electron chi connectivity index (χ2n) is 12.4. The van der Waals surface area contributed by atoms with Gasteiger partial charge in [0.2, 0.25) is 0 Å². The first-order valence-electron chi connectivity index (χ1n) is 16.2. The van der Waals surface area contributed by atoms with Crippen molar-refractivity contribution in [2.24, 2.45) is 0 Å². The maximum Gasteiger partial charge on any atom is 0.154 e. The van der Waals surface area contributed by atoms with Crippen molar-refractivity contribution in [3.05, 3.63) is 156 Å². The Kier molecular flexibility index (Phi) is 5.70. The lowest BCUT2D eigenvalue weighted by molar-refractivity contribution is 0.569. The number of hydrogen-bond donors (Lipinski definition) is 0. The van der Waals surface area contributed by atoms with E-state index in [0.717, 1.165) is 73.7 Å². The molecule has 0 N–H and O–H groups in total. The summed E-state index contributed by atoms with van der Waals surface area (Å²) in [5, 5.41) is 9.41. The first-order valence-corrected chi connectivity index (χ1v) is 16.2. The van der Waals surface area contributed by atoms with Crippen molar-refractivity contribution in [3.8, 4) is 11.1 Å². The highest BCUT2D eigenvalue weighted by Gasteiger charge is 2.23. The lowest BCUT2D eigenvalue weighted by atomic mass is 10.0. The molecule has 47 heavy (non-hydrogen) atoms. The van der Waals surface area contributed by atoms with Crippen LogP contribution in [0.15, 0.2) is 154 Å². The van der Waals surface area contributed by atoms with E-state index >= 15 is 0 Å². The molecule has 0 bridgehead atoms. The summed E-state index contributed by atoms with van der Waals surface area (Å²) in [4.78, 5) is 2.42. The summed E-state index contributed by atoms with van der Waals surface area (Å²) >= 11 is 0. The molecule has 1 aliphatic rings. The monoisotopic (exact) mass is 603 g/mol. The standard InChI is InChI=1S/C44H29NO2/c1-3-12-33-29(9-1)11-7-16-39(33)45(40-17-8-15-37-38-26-21-30-10-2-4-13-34(30)43(38)47-44(37)40)32-23-19-28(20-24-32)31-22-25-36-35-14-5-6-18-41(35)46-42(36)27-31/h1-7,9-16,18-27H,8,17H2. The third-order valence-electron chi connectivity index (χ3n) is 9.73. The van der Waals surface area contributed by atoms with E-state index in [-0.39, 0.29) is 0 Å². The fourth-order valence-electron chi connectivity index (χ4n) is 7.49. The predicted molar refractivity (Wildman–Crippen MR) is 195 cm³/mol. The Morgan fingerprint density at radius 3 is 2.04 bits per heavy atom. The molecule has 222 valence electrons. The number of anilines is 2. The van der Waals surface area contributed by atoms with Crippen molar-refractivity contribution in [1.82, 2.24) is 0 Å². The molecule has 0 amide bonds. The molecule has 0 saturated carbocycles. The first-order chi connectivity index (χ1) is 23.3. The minimum Gasteiger partial charge on any atom is -0.456 e. The average Bonchev–Trinajstić information content (AvgIpc) is 3.71. The summed E-state index contributed by atoms with van der Waals surface area (Å²) in [6.45, 7) is 0. The van der Waals surface area contributed by atoms with Gasteiger partial charge in [-0.3, -0.25) is 0 Å². The van der Waals surface area contributed by atoms with Crippen molar-refractivity contribution in [2.45, 2.75) is 12.8 Å². The van der Waals surface area contributed by atoms with Crippen LogP contribution in [0, 0.1) is 0 Å². The first kappa shape index (κ1) is 26.2. The molecule has 1 aliphatic carbocycles. The van der Waals surface area contributed by atoms with E-state index in [9.17, 15) is 0 Å². The van der Waals surface area contributed by atoms with Gasteiger partial charge in [0.25, 0.3) is 0 Å². The van der Waals surface area contributed by atoms with Gasteiger partial charge in [-0.15, -0.1) is 0 Å². The third-order valence-corrected chi connectivity index (χ3v) is 9.73. The normalized spacial score (nSPS) is 13.1. The van der Waals surface area contributed by atoms with E-state index in [4.69, 9.17) is 8.83 Å². The molecule has 3 heteroatoms. The third kappa shape index (κ3) is 4.06. The summed E-state index contributed by atoms with van der Waals surface area (Å²) in [5.41, 5.74) is 9.43. The van der Waals surface area contributed by atoms with Crippen molar-refractivity contribution in [3.63, 3.8) is 0 Å². The largest absolute Gasteiger partial charge is 0.456 e. The van der Waals surface area contributed by atoms with Crippen LogP contribution in [0.4, 0.5) is 11.4 Å². The zero-order chi connectivity index (χ0) is 30.9. The highest BCUT2D eigenvalue weighted by Crippen LogP contribution is 2.39. The second-order valence-corrected chi connectivity index (χ2v) is 12.4. The molecule has 0 aliphatic heterocycles. The van der Waals surface area contributed by atoms with Gasteiger partial charge < -0.3 is 13.7 Å². The Labute approximate surface area is 270 Å². The molecular weight excluding hydrogens is 574 g/mol. The van der Waals surface area contributed by atoms with Gasteiger partial charge in [0.1, 0.15) is 16.7 Å². The summed E-state index contributed by atoms with van der Waals surface area (Å²) in [6.07, 6.45) is 4.16. The van der Waals surface area contributed by atoms with Crippen LogP contribution in [0.5, 0.6) is 0 Å². The minimum atomic E-state index is 0.873. The molecule has 0 saturated heterocycles. The molecule has 2 heterocycles. The van der Waals surface area contributed by atoms with Gasteiger partial charge in [-0.05, 0) is 77.2 Å². The topological polar surface area (TPSA) is 29.5 Å². The fourth-order valence-corrected chi connectivity index (χ4v) is 7.49. The van der Waals surface area contributed by atoms with Gasteiger partial charge in [-0.1, -0.05) is 109 Å². The van der Waals surface area contributed by atoms with E-state index in [0.29, 0.717) is 0 Å². The Morgan fingerprint density at radius 2 is 1.17 bits per heavy atom. The van der Waals surface area contributed by atoms with Gasteiger partial charge in [0, 0.05) is 37.8 Å². The van der Waals surface area contributed by atoms with Crippen molar-refractivity contribution in [1.29, 1.82) is 0 Å². The Balaban J connectivity index is 1.18. The second kappa shape index (κ2) is 10.2.